The summed E-state index contributed by atoms with van der Waals surface area (Å²) in [6.07, 6.45) is 0.894. The van der Waals surface area contributed by atoms with Gasteiger partial charge in [-0.25, -0.2) is 4.98 Å². The molecule has 1 amide bonds. The van der Waals surface area contributed by atoms with Gasteiger partial charge >= 0.3 is 0 Å². The molecule has 1 aromatic carbocycles. The highest BCUT2D eigenvalue weighted by atomic mass is 35.5. The first kappa shape index (κ1) is 14.8. The number of rotatable bonds is 4. The molecule has 0 fully saturated rings. The molecule has 0 saturated carbocycles. The van der Waals surface area contributed by atoms with Crippen LogP contribution in [0.5, 0.6) is 0 Å². The molecule has 0 aliphatic rings. The van der Waals surface area contributed by atoms with Crippen LogP contribution in [0.15, 0.2) is 30.3 Å². The van der Waals surface area contributed by atoms with Crippen LogP contribution in [0.3, 0.4) is 0 Å². The maximum absolute atomic E-state index is 12.3. The summed E-state index contributed by atoms with van der Waals surface area (Å²) >= 11 is 6.22. The van der Waals surface area contributed by atoms with E-state index in [1.807, 2.05) is 24.3 Å². The van der Waals surface area contributed by atoms with Crippen molar-refractivity contribution in [3.8, 4) is 0 Å². The molecule has 1 atom stereocenters. The summed E-state index contributed by atoms with van der Waals surface area (Å²) < 4.78 is 0. The van der Waals surface area contributed by atoms with Crippen LogP contribution in [0.4, 0.5) is 0 Å². The van der Waals surface area contributed by atoms with Crippen molar-refractivity contribution in [1.82, 2.24) is 10.3 Å². The van der Waals surface area contributed by atoms with Crippen molar-refractivity contribution < 1.29 is 4.79 Å². The molecule has 4 heteroatoms. The lowest BCUT2D eigenvalue weighted by Crippen LogP contribution is -2.38. The van der Waals surface area contributed by atoms with Crippen molar-refractivity contribution in [3.05, 3.63) is 41.0 Å². The minimum Gasteiger partial charge on any atom is -0.348 e. The van der Waals surface area contributed by atoms with Crippen molar-refractivity contribution in [2.24, 2.45) is 5.92 Å². The Morgan fingerprint density at radius 2 is 2.05 bits per heavy atom. The van der Waals surface area contributed by atoms with Gasteiger partial charge < -0.3 is 5.32 Å². The third kappa shape index (κ3) is 3.10. The fourth-order valence-electron chi connectivity index (χ4n) is 2.23. The molecular formula is C16H19ClN2O. The standard InChI is InChI=1S/C16H19ClN2O/c1-4-13(10(2)3)19-16(20)15-9-12(17)11-7-5-6-8-14(11)18-15/h5-10,13H,4H2,1-3H3,(H,19,20). The molecule has 0 aliphatic carbocycles. The molecule has 0 aliphatic heterocycles. The first-order valence-corrected chi connectivity index (χ1v) is 7.27. The molecule has 2 rings (SSSR count). The molecule has 106 valence electrons. The maximum Gasteiger partial charge on any atom is 0.270 e. The fourth-order valence-corrected chi connectivity index (χ4v) is 2.49. The quantitative estimate of drug-likeness (QED) is 0.923. The number of nitrogens with zero attached hydrogens (tertiary/aromatic N) is 1. The molecule has 1 N–H and O–H groups in total. The Labute approximate surface area is 124 Å². The third-order valence-corrected chi connectivity index (χ3v) is 3.77. The Kier molecular flexibility index (Phi) is 4.61. The van der Waals surface area contributed by atoms with Gasteiger partial charge in [-0.1, -0.05) is 50.6 Å². The molecule has 0 bridgehead atoms. The molecule has 1 aromatic heterocycles. The number of halogens is 1. The van der Waals surface area contributed by atoms with Crippen molar-refractivity contribution in [2.75, 3.05) is 0 Å². The van der Waals surface area contributed by atoms with Gasteiger partial charge in [-0.2, -0.15) is 0 Å². The van der Waals surface area contributed by atoms with E-state index in [0.29, 0.717) is 16.6 Å². The molecule has 20 heavy (non-hydrogen) atoms. The van der Waals surface area contributed by atoms with E-state index in [2.05, 4.69) is 31.1 Å². The second-order valence-electron chi connectivity index (χ2n) is 5.24. The topological polar surface area (TPSA) is 42.0 Å². The van der Waals surface area contributed by atoms with Crippen LogP contribution in [-0.2, 0) is 0 Å². The maximum atomic E-state index is 12.3. The van der Waals surface area contributed by atoms with E-state index in [9.17, 15) is 4.79 Å². The Bertz CT molecular complexity index is 625. The molecule has 3 nitrogen and oxygen atoms in total. The van der Waals surface area contributed by atoms with Gasteiger partial charge in [-0.15, -0.1) is 0 Å². The van der Waals surface area contributed by atoms with Crippen molar-refractivity contribution >= 4 is 28.4 Å². The Morgan fingerprint density at radius 3 is 2.70 bits per heavy atom. The van der Waals surface area contributed by atoms with Crippen LogP contribution >= 0.6 is 11.6 Å². The largest absolute Gasteiger partial charge is 0.348 e. The lowest BCUT2D eigenvalue weighted by molar-refractivity contribution is 0.0920. The summed E-state index contributed by atoms with van der Waals surface area (Å²) in [6.45, 7) is 6.25. The summed E-state index contributed by atoms with van der Waals surface area (Å²) in [7, 11) is 0. The van der Waals surface area contributed by atoms with Crippen LogP contribution in [0, 0.1) is 5.92 Å². The van der Waals surface area contributed by atoms with Crippen LogP contribution in [0.2, 0.25) is 5.02 Å². The molecule has 2 aromatic rings. The van der Waals surface area contributed by atoms with E-state index in [4.69, 9.17) is 11.6 Å². The average Bonchev–Trinajstić information content (AvgIpc) is 2.44. The lowest BCUT2D eigenvalue weighted by Gasteiger charge is -2.20. The average molecular weight is 291 g/mol. The Balaban J connectivity index is 2.31. The molecule has 0 saturated heterocycles. The number of carbonyl (C=O) groups is 1. The van der Waals surface area contributed by atoms with Crippen molar-refractivity contribution in [1.29, 1.82) is 0 Å². The van der Waals surface area contributed by atoms with Crippen molar-refractivity contribution in [3.63, 3.8) is 0 Å². The Morgan fingerprint density at radius 1 is 1.35 bits per heavy atom. The van der Waals surface area contributed by atoms with Gasteiger partial charge in [-0.3, -0.25) is 4.79 Å². The summed E-state index contributed by atoms with van der Waals surface area (Å²) in [5, 5.41) is 4.43. The van der Waals surface area contributed by atoms with E-state index in [1.165, 1.54) is 0 Å². The molecule has 0 spiro atoms. The van der Waals surface area contributed by atoms with Gasteiger partial charge in [0.1, 0.15) is 5.69 Å². The van der Waals surface area contributed by atoms with Gasteiger partial charge in [0.15, 0.2) is 0 Å². The molecule has 1 unspecified atom stereocenters. The van der Waals surface area contributed by atoms with E-state index in [1.54, 1.807) is 6.07 Å². The number of nitrogens with one attached hydrogen (secondary N) is 1. The van der Waals surface area contributed by atoms with Gasteiger partial charge in [-0.05, 0) is 24.5 Å². The minimum absolute atomic E-state index is 0.148. The number of fused-ring (bicyclic) bond motifs is 1. The predicted molar refractivity (Wildman–Crippen MR) is 83.1 cm³/mol. The van der Waals surface area contributed by atoms with E-state index in [0.717, 1.165) is 17.3 Å². The zero-order valence-electron chi connectivity index (χ0n) is 12.0. The second kappa shape index (κ2) is 6.23. The lowest BCUT2D eigenvalue weighted by atomic mass is 10.0. The number of pyridine rings is 1. The molecular weight excluding hydrogens is 272 g/mol. The normalized spacial score (nSPS) is 12.7. The predicted octanol–water partition coefficient (Wildman–Crippen LogP) is 4.05. The fraction of sp³-hybridized carbons (Fsp3) is 0.375. The smallest absolute Gasteiger partial charge is 0.270 e. The van der Waals surface area contributed by atoms with Gasteiger partial charge in [0, 0.05) is 11.4 Å². The summed E-state index contributed by atoms with van der Waals surface area (Å²) in [5.74, 6) is 0.220. The van der Waals surface area contributed by atoms with Crippen molar-refractivity contribution in [2.45, 2.75) is 33.2 Å². The van der Waals surface area contributed by atoms with Crippen LogP contribution in [0.1, 0.15) is 37.7 Å². The second-order valence-corrected chi connectivity index (χ2v) is 5.65. The van der Waals surface area contributed by atoms with Gasteiger partial charge in [0.25, 0.3) is 5.91 Å². The SMILES string of the molecule is CCC(NC(=O)c1cc(Cl)c2ccccc2n1)C(C)C. The van der Waals surface area contributed by atoms with E-state index < -0.39 is 0 Å². The number of hydrogen-bond donors (Lipinski definition) is 1. The van der Waals surface area contributed by atoms with E-state index in [-0.39, 0.29) is 11.9 Å². The summed E-state index contributed by atoms with van der Waals surface area (Å²) in [5.41, 5.74) is 1.11. The number of para-hydroxylation sites is 1. The van der Waals surface area contributed by atoms with Gasteiger partial charge in [0.2, 0.25) is 0 Å². The number of hydrogen-bond acceptors (Lipinski definition) is 2. The van der Waals surface area contributed by atoms with E-state index >= 15 is 0 Å². The summed E-state index contributed by atoms with van der Waals surface area (Å²) in [6, 6.07) is 9.33. The highest BCUT2D eigenvalue weighted by Gasteiger charge is 2.17. The third-order valence-electron chi connectivity index (χ3n) is 3.46. The number of amides is 1. The number of aromatic nitrogens is 1. The highest BCUT2D eigenvalue weighted by molar-refractivity contribution is 6.35. The minimum atomic E-state index is -0.168. The number of benzene rings is 1. The first-order valence-electron chi connectivity index (χ1n) is 6.89. The highest BCUT2D eigenvalue weighted by Crippen LogP contribution is 2.22. The zero-order chi connectivity index (χ0) is 14.7. The zero-order valence-corrected chi connectivity index (χ0v) is 12.7. The van der Waals surface area contributed by atoms with Crippen LogP contribution < -0.4 is 5.32 Å². The number of carbonyl (C=O) groups excluding carboxylic acids is 1. The monoisotopic (exact) mass is 290 g/mol. The summed E-state index contributed by atoms with van der Waals surface area (Å²) in [4.78, 5) is 16.7. The Hall–Kier alpha value is -1.61. The first-order chi connectivity index (χ1) is 9.52. The van der Waals surface area contributed by atoms with Crippen LogP contribution in [0.25, 0.3) is 10.9 Å². The van der Waals surface area contributed by atoms with Crippen LogP contribution in [-0.4, -0.2) is 16.9 Å². The molecule has 1 heterocycles. The van der Waals surface area contributed by atoms with Gasteiger partial charge in [0.05, 0.1) is 10.5 Å². The molecule has 0 radical (unpaired) electrons.